The summed E-state index contributed by atoms with van der Waals surface area (Å²) < 4.78 is 4.90. The summed E-state index contributed by atoms with van der Waals surface area (Å²) in [6.45, 7) is 1.50. The fourth-order valence-corrected chi connectivity index (χ4v) is 2.40. The topological polar surface area (TPSA) is 63.2 Å². The van der Waals surface area contributed by atoms with Gasteiger partial charge in [-0.2, -0.15) is 0 Å². The lowest BCUT2D eigenvalue weighted by Gasteiger charge is -2.06. The van der Waals surface area contributed by atoms with Crippen LogP contribution in [0.4, 0.5) is 5.00 Å². The molecule has 2 aromatic rings. The van der Waals surface area contributed by atoms with Gasteiger partial charge >= 0.3 is 0 Å². The van der Waals surface area contributed by atoms with Crippen LogP contribution >= 0.6 is 23.7 Å². The molecule has 0 aliphatic rings. The third-order valence-electron chi connectivity index (χ3n) is 2.64. The van der Waals surface area contributed by atoms with Gasteiger partial charge in [-0.25, -0.2) is 4.98 Å². The smallest absolute Gasteiger partial charge is 0.238 e. The minimum atomic E-state index is -0.0810. The van der Waals surface area contributed by atoms with Crippen molar-refractivity contribution in [3.63, 3.8) is 0 Å². The predicted molar refractivity (Wildman–Crippen MR) is 88.2 cm³/mol. The van der Waals surface area contributed by atoms with E-state index in [0.717, 1.165) is 16.3 Å². The molecule has 114 valence electrons. The van der Waals surface area contributed by atoms with E-state index in [1.54, 1.807) is 12.6 Å². The number of hydrogen-bond donors (Lipinski definition) is 2. The van der Waals surface area contributed by atoms with Crippen molar-refractivity contribution in [2.75, 3.05) is 32.1 Å². The Balaban J connectivity index is 0.00000220. The van der Waals surface area contributed by atoms with Gasteiger partial charge in [-0.05, 0) is 0 Å². The number of carbonyl (C=O) groups is 1. The van der Waals surface area contributed by atoms with Crippen LogP contribution in [0.15, 0.2) is 35.8 Å². The van der Waals surface area contributed by atoms with Gasteiger partial charge in [0.25, 0.3) is 0 Å². The zero-order valence-electron chi connectivity index (χ0n) is 11.7. The average Bonchev–Trinajstić information content (AvgIpc) is 2.92. The van der Waals surface area contributed by atoms with Crippen LogP contribution in [-0.2, 0) is 9.53 Å². The molecule has 0 fully saturated rings. The molecule has 0 atom stereocenters. The third-order valence-corrected chi connectivity index (χ3v) is 3.38. The van der Waals surface area contributed by atoms with E-state index in [-0.39, 0.29) is 24.9 Å². The Labute approximate surface area is 134 Å². The summed E-state index contributed by atoms with van der Waals surface area (Å²) in [4.78, 5) is 16.1. The molecule has 0 aliphatic carbocycles. The number of hydrogen-bond acceptors (Lipinski definition) is 5. The van der Waals surface area contributed by atoms with E-state index in [1.165, 1.54) is 11.3 Å². The lowest BCUT2D eigenvalue weighted by atomic mass is 10.2. The van der Waals surface area contributed by atoms with Gasteiger partial charge in [-0.3, -0.25) is 4.79 Å². The molecular weight excluding hydrogens is 310 g/mol. The normalized spacial score (nSPS) is 9.95. The molecule has 1 aromatic carbocycles. The number of benzene rings is 1. The second-order valence-electron chi connectivity index (χ2n) is 4.11. The SMILES string of the molecule is COCCNCC(=O)Nc1scnc1-c1ccccc1.Cl. The van der Waals surface area contributed by atoms with Crippen molar-refractivity contribution in [3.8, 4) is 11.3 Å². The highest BCUT2D eigenvalue weighted by atomic mass is 35.5. The zero-order valence-corrected chi connectivity index (χ0v) is 13.3. The number of rotatable bonds is 7. The first kappa shape index (κ1) is 17.6. The van der Waals surface area contributed by atoms with Crippen LogP contribution in [0.25, 0.3) is 11.3 Å². The first-order valence-corrected chi connectivity index (χ1v) is 7.17. The van der Waals surface area contributed by atoms with Crippen molar-refractivity contribution < 1.29 is 9.53 Å². The molecule has 0 radical (unpaired) electrons. The molecule has 0 spiro atoms. The number of aromatic nitrogens is 1. The second-order valence-corrected chi connectivity index (χ2v) is 4.97. The van der Waals surface area contributed by atoms with Gasteiger partial charge < -0.3 is 15.4 Å². The molecule has 7 heteroatoms. The fraction of sp³-hybridized carbons (Fsp3) is 0.286. The van der Waals surface area contributed by atoms with Crippen LogP contribution in [0.2, 0.25) is 0 Å². The molecule has 0 aliphatic heterocycles. The van der Waals surface area contributed by atoms with Gasteiger partial charge in [0, 0.05) is 19.2 Å². The van der Waals surface area contributed by atoms with E-state index >= 15 is 0 Å². The van der Waals surface area contributed by atoms with Gasteiger partial charge in [-0.1, -0.05) is 30.3 Å². The zero-order chi connectivity index (χ0) is 14.2. The van der Waals surface area contributed by atoms with Crippen LogP contribution in [0.1, 0.15) is 0 Å². The Kier molecular flexibility index (Phi) is 7.92. The minimum Gasteiger partial charge on any atom is -0.383 e. The number of nitrogens with zero attached hydrogens (tertiary/aromatic N) is 1. The van der Waals surface area contributed by atoms with Crippen LogP contribution in [0.5, 0.6) is 0 Å². The van der Waals surface area contributed by atoms with Gasteiger partial charge in [0.15, 0.2) is 0 Å². The number of methoxy groups -OCH3 is 1. The number of amides is 1. The molecular formula is C14H18ClN3O2S. The maximum atomic E-state index is 11.8. The van der Waals surface area contributed by atoms with Crippen LogP contribution in [0.3, 0.4) is 0 Å². The highest BCUT2D eigenvalue weighted by Gasteiger charge is 2.11. The molecule has 1 heterocycles. The summed E-state index contributed by atoms with van der Waals surface area (Å²) in [5.74, 6) is -0.0810. The molecule has 2 rings (SSSR count). The van der Waals surface area contributed by atoms with Crippen molar-refractivity contribution in [1.82, 2.24) is 10.3 Å². The Hall–Kier alpha value is -1.47. The molecule has 0 bridgehead atoms. The Morgan fingerprint density at radius 2 is 2.10 bits per heavy atom. The maximum Gasteiger partial charge on any atom is 0.238 e. The minimum absolute atomic E-state index is 0. The number of nitrogens with one attached hydrogen (secondary N) is 2. The number of halogens is 1. The number of ether oxygens (including phenoxy) is 1. The van der Waals surface area contributed by atoms with Crippen molar-refractivity contribution in [3.05, 3.63) is 35.8 Å². The van der Waals surface area contributed by atoms with Gasteiger partial charge in [0.05, 0.1) is 18.7 Å². The van der Waals surface area contributed by atoms with E-state index in [4.69, 9.17) is 4.74 Å². The molecule has 21 heavy (non-hydrogen) atoms. The Morgan fingerprint density at radius 1 is 1.33 bits per heavy atom. The summed E-state index contributed by atoms with van der Waals surface area (Å²) in [5, 5.41) is 6.66. The van der Waals surface area contributed by atoms with Gasteiger partial charge in [-0.15, -0.1) is 23.7 Å². The van der Waals surface area contributed by atoms with E-state index in [9.17, 15) is 4.79 Å². The van der Waals surface area contributed by atoms with E-state index in [0.29, 0.717) is 13.2 Å². The summed E-state index contributed by atoms with van der Waals surface area (Å²) in [6.07, 6.45) is 0. The summed E-state index contributed by atoms with van der Waals surface area (Å²) in [6, 6.07) is 9.80. The molecule has 0 saturated heterocycles. The summed E-state index contributed by atoms with van der Waals surface area (Å²) >= 11 is 1.42. The van der Waals surface area contributed by atoms with Crippen molar-refractivity contribution in [2.24, 2.45) is 0 Å². The quantitative estimate of drug-likeness (QED) is 0.767. The first-order chi connectivity index (χ1) is 9.81. The van der Waals surface area contributed by atoms with Gasteiger partial charge in [0.1, 0.15) is 10.7 Å². The molecule has 1 aromatic heterocycles. The molecule has 5 nitrogen and oxygen atoms in total. The molecule has 0 unspecified atom stereocenters. The monoisotopic (exact) mass is 327 g/mol. The number of thiazole rings is 1. The molecule has 1 amide bonds. The fourth-order valence-electron chi connectivity index (χ4n) is 1.68. The molecule has 0 saturated carbocycles. The highest BCUT2D eigenvalue weighted by molar-refractivity contribution is 7.14. The number of anilines is 1. The van der Waals surface area contributed by atoms with E-state index in [2.05, 4.69) is 15.6 Å². The number of carbonyl (C=O) groups excluding carboxylic acids is 1. The van der Waals surface area contributed by atoms with Crippen molar-refractivity contribution in [1.29, 1.82) is 0 Å². The van der Waals surface area contributed by atoms with Gasteiger partial charge in [0.2, 0.25) is 5.91 Å². The average molecular weight is 328 g/mol. The summed E-state index contributed by atoms with van der Waals surface area (Å²) in [7, 11) is 1.63. The largest absolute Gasteiger partial charge is 0.383 e. The maximum absolute atomic E-state index is 11.8. The molecule has 2 N–H and O–H groups in total. The van der Waals surface area contributed by atoms with E-state index < -0.39 is 0 Å². The second kappa shape index (κ2) is 9.46. The first-order valence-electron chi connectivity index (χ1n) is 6.29. The highest BCUT2D eigenvalue weighted by Crippen LogP contribution is 2.29. The lowest BCUT2D eigenvalue weighted by molar-refractivity contribution is -0.115. The van der Waals surface area contributed by atoms with Crippen molar-refractivity contribution >= 4 is 34.7 Å². The third kappa shape index (κ3) is 5.43. The van der Waals surface area contributed by atoms with E-state index in [1.807, 2.05) is 30.3 Å². The Bertz CT molecular complexity index is 548. The lowest BCUT2D eigenvalue weighted by Crippen LogP contribution is -2.30. The predicted octanol–water partition coefficient (Wildman–Crippen LogP) is 2.41. The Morgan fingerprint density at radius 3 is 2.81 bits per heavy atom. The standard InChI is InChI=1S/C14H17N3O2S.ClH/c1-19-8-7-15-9-12(18)17-14-13(16-10-20-14)11-5-3-2-4-6-11;/h2-6,10,15H,7-9H2,1H3,(H,17,18);1H. The van der Waals surface area contributed by atoms with Crippen LogP contribution in [0, 0.1) is 0 Å². The van der Waals surface area contributed by atoms with Crippen LogP contribution in [-0.4, -0.2) is 37.7 Å². The summed E-state index contributed by atoms with van der Waals surface area (Å²) in [5.41, 5.74) is 3.54. The van der Waals surface area contributed by atoms with Crippen LogP contribution < -0.4 is 10.6 Å². The van der Waals surface area contributed by atoms with Crippen molar-refractivity contribution in [2.45, 2.75) is 0 Å².